The van der Waals surface area contributed by atoms with Gasteiger partial charge in [-0.1, -0.05) is 34.1 Å². The van der Waals surface area contributed by atoms with Crippen LogP contribution < -0.4 is 0 Å². The van der Waals surface area contributed by atoms with Gasteiger partial charge in [-0.2, -0.15) is 0 Å². The average Bonchev–Trinajstić information content (AvgIpc) is 3.82. The summed E-state index contributed by atoms with van der Waals surface area (Å²) in [4.78, 5) is 28.2. The third-order valence-electron chi connectivity index (χ3n) is 12.8. The number of rotatable bonds is 0. The van der Waals surface area contributed by atoms with Crippen molar-refractivity contribution in [3.63, 3.8) is 0 Å². The Morgan fingerprint density at radius 3 is 0.721 bits per heavy atom. The predicted molar refractivity (Wildman–Crippen MR) is 274 cm³/mol. The van der Waals surface area contributed by atoms with Crippen LogP contribution in [0.2, 0.25) is 0 Å². The molecule has 6 saturated heterocycles. The molecule has 1 amide bonds. The van der Waals surface area contributed by atoms with Gasteiger partial charge in [0, 0.05) is 72.4 Å². The van der Waals surface area contributed by atoms with E-state index in [1.807, 2.05) is 18.7 Å². The molecule has 6 rings (SSSR count). The van der Waals surface area contributed by atoms with Crippen LogP contribution in [0.4, 0.5) is 0 Å². The van der Waals surface area contributed by atoms with E-state index in [0.717, 1.165) is 19.4 Å². The molecule has 0 unspecified atom stereocenters. The molecule has 0 N–H and O–H groups in total. The molecule has 0 spiro atoms. The lowest BCUT2D eigenvalue weighted by atomic mass is 10.0. The van der Waals surface area contributed by atoms with Crippen molar-refractivity contribution in [1.82, 2.24) is 34.3 Å². The number of hydrogen-bond acceptors (Lipinski definition) is 7. The second-order valence-corrected chi connectivity index (χ2v) is 24.1. The predicted octanol–water partition coefficient (Wildman–Crippen LogP) is 12.0. The Kier molecular flexibility index (Phi) is 29.6. The van der Waals surface area contributed by atoms with Crippen molar-refractivity contribution in [2.24, 2.45) is 0 Å². The van der Waals surface area contributed by atoms with E-state index in [1.165, 1.54) is 136 Å². The third kappa shape index (κ3) is 27.3. The fourth-order valence-electron chi connectivity index (χ4n) is 8.34. The van der Waals surface area contributed by atoms with Crippen molar-refractivity contribution in [2.45, 2.75) is 250 Å². The van der Waals surface area contributed by atoms with Gasteiger partial charge in [-0.05, 0) is 235 Å². The zero-order chi connectivity index (χ0) is 46.6. The highest BCUT2D eigenvalue weighted by molar-refractivity contribution is 5.78. The van der Waals surface area contributed by atoms with Crippen LogP contribution >= 0.6 is 0 Å². The number of hydrogen-bond donors (Lipinski definition) is 0. The quantitative estimate of drug-likeness (QED) is 0.240. The summed E-state index contributed by atoms with van der Waals surface area (Å²) < 4.78 is 0. The number of piperazine rings is 1. The van der Waals surface area contributed by atoms with Gasteiger partial charge in [0.05, 0.1) is 0 Å². The molecule has 0 radical (unpaired) electrons. The van der Waals surface area contributed by atoms with Crippen LogP contribution in [0.5, 0.6) is 0 Å². The molecule has 368 valence electrons. The molecule has 8 nitrogen and oxygen atoms in total. The summed E-state index contributed by atoms with van der Waals surface area (Å²) in [6.07, 6.45) is 14.5. The van der Waals surface area contributed by atoms with E-state index in [-0.39, 0.29) is 13.0 Å². The first-order valence-corrected chi connectivity index (χ1v) is 25.2. The molecule has 0 saturated carbocycles. The monoisotopic (exact) mass is 866 g/mol. The van der Waals surface area contributed by atoms with E-state index in [1.54, 1.807) is 0 Å². The first-order chi connectivity index (χ1) is 27.4. The number of nitrogens with zero attached hydrogens (tertiary/aromatic N) is 7. The Hall–Kier alpha value is -0.770. The second-order valence-electron chi connectivity index (χ2n) is 24.1. The first-order valence-electron chi connectivity index (χ1n) is 25.2. The Balaban J connectivity index is 0. The van der Waals surface area contributed by atoms with Gasteiger partial charge in [0.25, 0.3) is 0 Å². The number of amides is 1. The Morgan fingerprint density at radius 1 is 0.311 bits per heavy atom. The molecule has 0 aromatic carbocycles. The molecule has 0 bridgehead atoms. The van der Waals surface area contributed by atoms with Gasteiger partial charge in [0.2, 0.25) is 5.91 Å². The molecule has 0 aliphatic carbocycles. The van der Waals surface area contributed by atoms with Gasteiger partial charge in [0.15, 0.2) is 0 Å². The summed E-state index contributed by atoms with van der Waals surface area (Å²) in [5.74, 6) is 0.313. The van der Waals surface area contributed by atoms with Crippen LogP contribution in [0.3, 0.4) is 0 Å². The fourth-order valence-corrected chi connectivity index (χ4v) is 8.34. The fraction of sp³-hybridized carbons (Fsp3) is 0.981. The zero-order valence-corrected chi connectivity index (χ0v) is 45.0. The summed E-state index contributed by atoms with van der Waals surface area (Å²) in [6, 6.07) is 0. The van der Waals surface area contributed by atoms with Crippen molar-refractivity contribution < 1.29 is 4.79 Å². The molecule has 8 heteroatoms. The van der Waals surface area contributed by atoms with Crippen molar-refractivity contribution in [3.8, 4) is 0 Å². The van der Waals surface area contributed by atoms with Gasteiger partial charge in [-0.15, -0.1) is 0 Å². The number of carbonyl (C=O) groups excluding carboxylic acids is 1. The first kappa shape index (κ1) is 62.3. The molecule has 0 atom stereocenters. The third-order valence-corrected chi connectivity index (χ3v) is 12.8. The number of likely N-dealkylation sites (tertiary alicyclic amines) is 5. The van der Waals surface area contributed by atoms with Crippen LogP contribution in [0.1, 0.15) is 217 Å². The van der Waals surface area contributed by atoms with Crippen molar-refractivity contribution in [2.75, 3.05) is 92.1 Å². The van der Waals surface area contributed by atoms with Crippen LogP contribution in [0.25, 0.3) is 0 Å². The lowest BCUT2D eigenvalue weighted by molar-refractivity contribution is -0.131. The van der Waals surface area contributed by atoms with Crippen LogP contribution in [0, 0.1) is 0 Å². The molecular formula is C53H115N7O. The van der Waals surface area contributed by atoms with E-state index in [9.17, 15) is 4.79 Å². The van der Waals surface area contributed by atoms with E-state index in [0.29, 0.717) is 33.6 Å². The topological polar surface area (TPSA) is 39.8 Å². The standard InChI is InChI=1S/C9H20N2.2C9H19N.C8H15NO.C8H17N.C7H15N.C2H6.CH4/c1-9(2,3)11-7-5-10(4)6-8-11;2*1-9(2,3)10-7-5-4-6-8-10;1-8(2,3)9-6-4-5-7(9)10;1-8(2,3)9-6-4-5-7-9;1-7(2,3)8-5-4-6-8;1-2;/h5-8H2,1-4H3;2*4-8H2,1-3H3;4-6H2,1-3H3;4-7H2,1-3H3;4-6H2,1-3H3;1-2H3;1H4. The van der Waals surface area contributed by atoms with E-state index in [4.69, 9.17) is 0 Å². The van der Waals surface area contributed by atoms with Crippen molar-refractivity contribution in [1.29, 1.82) is 0 Å². The lowest BCUT2D eigenvalue weighted by Gasteiger charge is -2.42. The van der Waals surface area contributed by atoms with Gasteiger partial charge in [0.1, 0.15) is 0 Å². The number of likely N-dealkylation sites (N-methyl/N-ethyl adjacent to an activating group) is 1. The summed E-state index contributed by atoms with van der Waals surface area (Å²) in [5, 5.41) is 0. The Labute approximate surface area is 385 Å². The molecule has 0 aromatic rings. The van der Waals surface area contributed by atoms with E-state index in [2.05, 4.69) is 161 Å². The van der Waals surface area contributed by atoms with Gasteiger partial charge in [-0.3, -0.25) is 29.3 Å². The van der Waals surface area contributed by atoms with Gasteiger partial charge >= 0.3 is 0 Å². The molecule has 6 aliphatic rings. The summed E-state index contributed by atoms with van der Waals surface area (Å²) in [6.45, 7) is 60.9. The smallest absolute Gasteiger partial charge is 0.223 e. The Bertz CT molecular complexity index is 1040. The highest BCUT2D eigenvalue weighted by Crippen LogP contribution is 2.23. The SMILES string of the molecule is C.CC.CC(C)(C)N1CCC1.CC(C)(C)N1CCCC1.CC(C)(C)N1CCCC1=O.CC(C)(C)N1CCCCC1.CC(C)(C)N1CCCCC1.CN1CCN(C(C)(C)C)CC1. The largest absolute Gasteiger partial charge is 0.338 e. The molecule has 0 aromatic heterocycles. The highest BCUT2D eigenvalue weighted by Gasteiger charge is 2.30. The van der Waals surface area contributed by atoms with Crippen molar-refractivity contribution in [3.05, 3.63) is 0 Å². The minimum absolute atomic E-state index is 0. The molecular weight excluding hydrogens is 751 g/mol. The molecule has 6 fully saturated rings. The number of piperidine rings is 2. The summed E-state index contributed by atoms with van der Waals surface area (Å²) >= 11 is 0. The molecule has 6 aliphatic heterocycles. The average molecular weight is 867 g/mol. The summed E-state index contributed by atoms with van der Waals surface area (Å²) in [7, 11) is 2.19. The van der Waals surface area contributed by atoms with Gasteiger partial charge in [-0.25, -0.2) is 0 Å². The van der Waals surface area contributed by atoms with E-state index >= 15 is 0 Å². The van der Waals surface area contributed by atoms with Crippen LogP contribution in [-0.2, 0) is 4.79 Å². The number of carbonyl (C=O) groups is 1. The summed E-state index contributed by atoms with van der Waals surface area (Å²) in [5.41, 5.74) is 2.05. The normalized spacial score (nSPS) is 21.7. The maximum absolute atomic E-state index is 11.1. The highest BCUT2D eigenvalue weighted by atomic mass is 16.2. The van der Waals surface area contributed by atoms with Crippen molar-refractivity contribution >= 4 is 5.91 Å². The minimum atomic E-state index is 0. The van der Waals surface area contributed by atoms with Crippen LogP contribution in [-0.4, -0.2) is 166 Å². The minimum Gasteiger partial charge on any atom is -0.338 e. The van der Waals surface area contributed by atoms with Gasteiger partial charge < -0.3 is 9.80 Å². The zero-order valence-electron chi connectivity index (χ0n) is 45.0. The maximum Gasteiger partial charge on any atom is 0.223 e. The molecule has 61 heavy (non-hydrogen) atoms. The van der Waals surface area contributed by atoms with Crippen LogP contribution in [0.15, 0.2) is 0 Å². The van der Waals surface area contributed by atoms with E-state index < -0.39 is 0 Å². The Morgan fingerprint density at radius 2 is 0.557 bits per heavy atom. The second kappa shape index (κ2) is 29.0. The maximum atomic E-state index is 11.1. The molecule has 6 heterocycles. The lowest BCUT2D eigenvalue weighted by Crippen LogP contribution is -2.52.